The highest BCUT2D eigenvalue weighted by atomic mass is 15.0. The molecule has 0 heterocycles. The molecule has 1 nitrogen and oxygen atoms in total. The highest BCUT2D eigenvalue weighted by Crippen LogP contribution is 2.53. The van der Waals surface area contributed by atoms with Crippen LogP contribution in [0.1, 0.15) is 71.1 Å². The maximum atomic E-state index is 4.13. The predicted octanol–water partition coefficient (Wildman–Crippen LogP) is 4.37. The molecule has 1 atom stereocenters. The smallest absolute Gasteiger partial charge is 0.0127 e. The van der Waals surface area contributed by atoms with Gasteiger partial charge in [0.25, 0.3) is 0 Å². The Hall–Kier alpha value is -0.0400. The molecule has 0 aliphatic heterocycles. The van der Waals surface area contributed by atoms with Crippen LogP contribution < -0.4 is 5.32 Å². The molecular weight excluding hydrogens is 230 g/mol. The van der Waals surface area contributed by atoms with Crippen molar-refractivity contribution in [1.82, 2.24) is 5.32 Å². The molecule has 0 aromatic carbocycles. The molecule has 5 saturated carbocycles. The third-order valence-electron chi connectivity index (χ3n) is 7.04. The molecule has 0 saturated heterocycles. The zero-order valence-corrected chi connectivity index (χ0v) is 12.6. The Labute approximate surface area is 118 Å². The van der Waals surface area contributed by atoms with Crippen molar-refractivity contribution in [2.24, 2.45) is 29.6 Å². The Morgan fingerprint density at radius 1 is 0.789 bits per heavy atom. The number of hydrogen-bond donors (Lipinski definition) is 1. The van der Waals surface area contributed by atoms with Gasteiger partial charge in [0.05, 0.1) is 0 Å². The number of rotatable bonds is 3. The number of hydrogen-bond acceptors (Lipinski definition) is 1. The Morgan fingerprint density at radius 3 is 1.95 bits per heavy atom. The van der Waals surface area contributed by atoms with Gasteiger partial charge in [-0.3, -0.25) is 0 Å². The molecule has 19 heavy (non-hydrogen) atoms. The Kier molecular flexibility index (Phi) is 3.38. The van der Waals surface area contributed by atoms with Gasteiger partial charge in [-0.15, -0.1) is 0 Å². The van der Waals surface area contributed by atoms with Gasteiger partial charge in [0, 0.05) is 12.1 Å². The van der Waals surface area contributed by atoms with Crippen LogP contribution in [0.3, 0.4) is 0 Å². The fourth-order valence-electron chi connectivity index (χ4n) is 6.27. The average molecular weight is 261 g/mol. The first-order chi connectivity index (χ1) is 9.29. The average Bonchev–Trinajstić information content (AvgIpc) is 2.43. The molecular formula is C18H31N. The molecule has 5 aliphatic rings. The Bertz CT molecular complexity index is 290. The first-order valence-corrected chi connectivity index (χ1v) is 9.05. The minimum atomic E-state index is 0.780. The second kappa shape index (κ2) is 5.06. The molecule has 5 aliphatic carbocycles. The minimum absolute atomic E-state index is 0.780. The van der Waals surface area contributed by atoms with Crippen LogP contribution >= 0.6 is 0 Å². The van der Waals surface area contributed by atoms with Crippen LogP contribution in [0.2, 0.25) is 0 Å². The van der Waals surface area contributed by atoms with Gasteiger partial charge in [-0.1, -0.05) is 19.3 Å². The second-order valence-corrected chi connectivity index (χ2v) is 8.31. The molecule has 1 heteroatoms. The summed E-state index contributed by atoms with van der Waals surface area (Å²) in [6.45, 7) is 2.49. The lowest BCUT2D eigenvalue weighted by molar-refractivity contribution is -0.0202. The Morgan fingerprint density at radius 2 is 1.37 bits per heavy atom. The van der Waals surface area contributed by atoms with Gasteiger partial charge < -0.3 is 5.32 Å². The van der Waals surface area contributed by atoms with E-state index in [1.54, 1.807) is 32.1 Å². The van der Waals surface area contributed by atoms with Crippen LogP contribution in [0.4, 0.5) is 0 Å². The van der Waals surface area contributed by atoms with Gasteiger partial charge in [0.1, 0.15) is 0 Å². The summed E-state index contributed by atoms with van der Waals surface area (Å²) >= 11 is 0. The van der Waals surface area contributed by atoms with E-state index in [2.05, 4.69) is 12.2 Å². The molecule has 0 amide bonds. The van der Waals surface area contributed by atoms with E-state index in [1.807, 2.05) is 0 Å². The zero-order chi connectivity index (χ0) is 12.8. The molecule has 0 aromatic rings. The van der Waals surface area contributed by atoms with Crippen LogP contribution in [0.15, 0.2) is 0 Å². The molecule has 0 radical (unpaired) electrons. The molecule has 1 N–H and O–H groups in total. The van der Waals surface area contributed by atoms with Gasteiger partial charge in [0.15, 0.2) is 0 Å². The van der Waals surface area contributed by atoms with Crippen molar-refractivity contribution in [2.75, 3.05) is 0 Å². The van der Waals surface area contributed by atoms with Crippen LogP contribution in [0, 0.1) is 29.6 Å². The number of nitrogens with one attached hydrogen (secondary N) is 1. The molecule has 5 fully saturated rings. The lowest BCUT2D eigenvalue weighted by Gasteiger charge is -2.55. The van der Waals surface area contributed by atoms with E-state index in [0.29, 0.717) is 0 Å². The van der Waals surface area contributed by atoms with Gasteiger partial charge in [-0.2, -0.15) is 0 Å². The minimum Gasteiger partial charge on any atom is -0.311 e. The van der Waals surface area contributed by atoms with E-state index < -0.39 is 0 Å². The van der Waals surface area contributed by atoms with E-state index in [1.165, 1.54) is 32.1 Å². The monoisotopic (exact) mass is 261 g/mol. The van der Waals surface area contributed by atoms with E-state index in [-0.39, 0.29) is 0 Å². The van der Waals surface area contributed by atoms with Gasteiger partial charge in [-0.25, -0.2) is 0 Å². The van der Waals surface area contributed by atoms with Gasteiger partial charge in [-0.05, 0) is 81.5 Å². The topological polar surface area (TPSA) is 12.0 Å². The van der Waals surface area contributed by atoms with Crippen LogP contribution in [-0.2, 0) is 0 Å². The summed E-state index contributed by atoms with van der Waals surface area (Å²) in [5.41, 5.74) is 0. The van der Waals surface area contributed by atoms with Gasteiger partial charge in [0.2, 0.25) is 0 Å². The maximum absolute atomic E-state index is 4.13. The summed E-state index contributed by atoms with van der Waals surface area (Å²) in [6, 6.07) is 1.67. The Balaban J connectivity index is 1.39. The van der Waals surface area contributed by atoms with Crippen molar-refractivity contribution < 1.29 is 0 Å². The van der Waals surface area contributed by atoms with E-state index in [4.69, 9.17) is 0 Å². The summed E-state index contributed by atoms with van der Waals surface area (Å²) in [5, 5.41) is 4.13. The summed E-state index contributed by atoms with van der Waals surface area (Å²) in [7, 11) is 0. The van der Waals surface area contributed by atoms with E-state index in [9.17, 15) is 0 Å². The van der Waals surface area contributed by atoms with Crippen LogP contribution in [0.5, 0.6) is 0 Å². The van der Waals surface area contributed by atoms with Crippen molar-refractivity contribution in [3.8, 4) is 0 Å². The molecule has 0 aromatic heterocycles. The third-order valence-corrected chi connectivity index (χ3v) is 7.04. The quantitative estimate of drug-likeness (QED) is 0.795. The van der Waals surface area contributed by atoms with Gasteiger partial charge >= 0.3 is 0 Å². The summed E-state index contributed by atoms with van der Waals surface area (Å²) in [5.74, 6) is 5.30. The van der Waals surface area contributed by atoms with Crippen molar-refractivity contribution in [2.45, 2.75) is 83.2 Å². The maximum Gasteiger partial charge on any atom is 0.0127 e. The largest absolute Gasteiger partial charge is 0.311 e. The molecule has 5 rings (SSSR count). The van der Waals surface area contributed by atoms with Crippen LogP contribution in [0.25, 0.3) is 0 Å². The first kappa shape index (κ1) is 12.7. The highest BCUT2D eigenvalue weighted by molar-refractivity contribution is 5.02. The van der Waals surface area contributed by atoms with Crippen molar-refractivity contribution >= 4 is 0 Å². The third kappa shape index (κ3) is 2.37. The second-order valence-electron chi connectivity index (χ2n) is 8.31. The summed E-state index contributed by atoms with van der Waals surface area (Å²) in [4.78, 5) is 0. The lowest BCUT2D eigenvalue weighted by atomic mass is 9.54. The van der Waals surface area contributed by atoms with E-state index >= 15 is 0 Å². The standard InChI is InChI=1S/C18H31N/c1-12(15-5-3-2-4-6-15)19-18-16-8-13-7-14(10-16)11-17(18)9-13/h12-19H,2-11H2,1H3. The SMILES string of the molecule is CC(NC1C2CC3CC(C2)CC1C3)C1CCCCC1. The summed E-state index contributed by atoms with van der Waals surface area (Å²) in [6.07, 6.45) is 15.2. The summed E-state index contributed by atoms with van der Waals surface area (Å²) < 4.78 is 0. The fraction of sp³-hybridized carbons (Fsp3) is 1.00. The molecule has 4 bridgehead atoms. The van der Waals surface area contributed by atoms with Crippen molar-refractivity contribution in [3.63, 3.8) is 0 Å². The zero-order valence-electron chi connectivity index (χ0n) is 12.6. The lowest BCUT2D eigenvalue weighted by Crippen LogP contribution is -2.57. The molecule has 1 unspecified atom stereocenters. The van der Waals surface area contributed by atoms with Crippen molar-refractivity contribution in [1.29, 1.82) is 0 Å². The molecule has 0 spiro atoms. The normalized spacial score (nSPS) is 47.5. The predicted molar refractivity (Wildman–Crippen MR) is 80.0 cm³/mol. The fourth-order valence-corrected chi connectivity index (χ4v) is 6.27. The van der Waals surface area contributed by atoms with E-state index in [0.717, 1.165) is 41.7 Å². The highest BCUT2D eigenvalue weighted by Gasteiger charge is 2.48. The van der Waals surface area contributed by atoms with Crippen molar-refractivity contribution in [3.05, 3.63) is 0 Å². The first-order valence-electron chi connectivity index (χ1n) is 9.05. The van der Waals surface area contributed by atoms with Crippen LogP contribution in [-0.4, -0.2) is 12.1 Å². The molecule has 108 valence electrons.